The predicted octanol–water partition coefficient (Wildman–Crippen LogP) is 3.00. The minimum absolute atomic E-state index is 0.0724. The summed E-state index contributed by atoms with van der Waals surface area (Å²) in [5, 5.41) is 2.98. The minimum Gasteiger partial charge on any atom is -0.326 e. The van der Waals surface area contributed by atoms with Gasteiger partial charge in [0.1, 0.15) is 5.82 Å². The molecule has 2 aromatic rings. The molecule has 1 aromatic heterocycles. The van der Waals surface area contributed by atoms with Gasteiger partial charge in [-0.1, -0.05) is 13.8 Å². The Morgan fingerprint density at radius 2 is 2.17 bits per heavy atom. The number of fused-ring (bicyclic) bond motifs is 3. The zero-order valence-electron chi connectivity index (χ0n) is 13.9. The highest BCUT2D eigenvalue weighted by molar-refractivity contribution is 5.93. The molecule has 0 atom stereocenters. The smallest absolute Gasteiger partial charge is 0.224 e. The van der Waals surface area contributed by atoms with Crippen molar-refractivity contribution in [3.05, 3.63) is 24.0 Å². The minimum atomic E-state index is 0.0724. The number of amides is 1. The van der Waals surface area contributed by atoms with E-state index < -0.39 is 0 Å². The van der Waals surface area contributed by atoms with Crippen LogP contribution in [0.2, 0.25) is 0 Å². The fourth-order valence-corrected chi connectivity index (χ4v) is 3.45. The lowest BCUT2D eigenvalue weighted by Crippen LogP contribution is -2.35. The van der Waals surface area contributed by atoms with E-state index in [0.29, 0.717) is 12.3 Å². The lowest BCUT2D eigenvalue weighted by Gasteiger charge is -2.27. The van der Waals surface area contributed by atoms with Crippen LogP contribution in [0.15, 0.2) is 18.2 Å². The van der Waals surface area contributed by atoms with Gasteiger partial charge in [0.25, 0.3) is 0 Å². The van der Waals surface area contributed by atoms with Crippen molar-refractivity contribution in [1.82, 2.24) is 14.5 Å². The van der Waals surface area contributed by atoms with Crippen LogP contribution >= 0.6 is 0 Å². The Hall–Kier alpha value is -1.88. The van der Waals surface area contributed by atoms with Gasteiger partial charge >= 0.3 is 0 Å². The summed E-state index contributed by atoms with van der Waals surface area (Å²) in [7, 11) is 0. The third-order valence-electron chi connectivity index (χ3n) is 4.72. The van der Waals surface area contributed by atoms with E-state index in [1.807, 2.05) is 12.1 Å². The number of rotatable bonds is 4. The van der Waals surface area contributed by atoms with Gasteiger partial charge in [-0.25, -0.2) is 4.98 Å². The van der Waals surface area contributed by atoms with Crippen LogP contribution in [0.25, 0.3) is 11.0 Å². The van der Waals surface area contributed by atoms with Crippen molar-refractivity contribution < 1.29 is 4.79 Å². The van der Waals surface area contributed by atoms with Crippen LogP contribution < -0.4 is 5.32 Å². The van der Waals surface area contributed by atoms with E-state index in [1.165, 1.54) is 18.4 Å². The molecule has 5 heteroatoms. The van der Waals surface area contributed by atoms with E-state index in [0.717, 1.165) is 42.7 Å². The van der Waals surface area contributed by atoms with Gasteiger partial charge in [-0.15, -0.1) is 0 Å². The van der Waals surface area contributed by atoms with E-state index in [-0.39, 0.29) is 5.91 Å². The molecule has 2 aliphatic rings. The highest BCUT2D eigenvalue weighted by Crippen LogP contribution is 2.31. The molecule has 4 rings (SSSR count). The topological polar surface area (TPSA) is 50.2 Å². The summed E-state index contributed by atoms with van der Waals surface area (Å²) < 4.78 is 2.33. The number of hydrogen-bond donors (Lipinski definition) is 1. The summed E-state index contributed by atoms with van der Waals surface area (Å²) in [5.74, 6) is 1.60. The maximum absolute atomic E-state index is 11.9. The Kier molecular flexibility index (Phi) is 3.60. The molecule has 5 nitrogen and oxygen atoms in total. The van der Waals surface area contributed by atoms with Crippen molar-refractivity contribution in [3.63, 3.8) is 0 Å². The van der Waals surface area contributed by atoms with E-state index >= 15 is 0 Å². The Morgan fingerprint density at radius 1 is 1.35 bits per heavy atom. The van der Waals surface area contributed by atoms with Crippen molar-refractivity contribution in [2.45, 2.75) is 52.2 Å². The second-order valence-electron chi connectivity index (χ2n) is 7.23. The van der Waals surface area contributed by atoms with Gasteiger partial charge in [-0.3, -0.25) is 9.69 Å². The fraction of sp³-hybridized carbons (Fsp3) is 0.556. The first-order valence-electron chi connectivity index (χ1n) is 8.63. The summed E-state index contributed by atoms with van der Waals surface area (Å²) in [6.45, 7) is 7.20. The number of anilines is 1. The first-order valence-corrected chi connectivity index (χ1v) is 8.63. The van der Waals surface area contributed by atoms with Gasteiger partial charge in [0.05, 0.1) is 17.6 Å². The second-order valence-corrected chi connectivity index (χ2v) is 7.23. The van der Waals surface area contributed by atoms with Crippen molar-refractivity contribution >= 4 is 22.6 Å². The average Bonchev–Trinajstić information content (AvgIpc) is 3.27. The third kappa shape index (κ3) is 2.98. The monoisotopic (exact) mass is 312 g/mol. The highest BCUT2D eigenvalue weighted by atomic mass is 16.1. The molecule has 0 spiro atoms. The Morgan fingerprint density at radius 3 is 2.91 bits per heavy atom. The zero-order chi connectivity index (χ0) is 16.0. The molecular weight excluding hydrogens is 288 g/mol. The van der Waals surface area contributed by atoms with Crippen LogP contribution in [0.1, 0.15) is 38.9 Å². The molecule has 0 unspecified atom stereocenters. The van der Waals surface area contributed by atoms with Crippen LogP contribution in [-0.2, 0) is 17.9 Å². The van der Waals surface area contributed by atoms with Gasteiger partial charge in [0, 0.05) is 31.2 Å². The van der Waals surface area contributed by atoms with Gasteiger partial charge in [-0.05, 0) is 37.0 Å². The van der Waals surface area contributed by atoms with Crippen molar-refractivity contribution in [2.75, 3.05) is 11.9 Å². The predicted molar refractivity (Wildman–Crippen MR) is 91.2 cm³/mol. The normalized spacial score (nSPS) is 18.4. The van der Waals surface area contributed by atoms with Crippen LogP contribution in [0.5, 0.6) is 0 Å². The highest BCUT2D eigenvalue weighted by Gasteiger charge is 2.32. The fourth-order valence-electron chi connectivity index (χ4n) is 3.45. The molecule has 1 amide bonds. The first-order chi connectivity index (χ1) is 11.1. The van der Waals surface area contributed by atoms with E-state index in [1.54, 1.807) is 0 Å². The Balaban J connectivity index is 1.56. The SMILES string of the molecule is CC(C)CC(=O)Nc1ccc2c(c1)nc1n2CCN(C2CC2)C1. The molecule has 1 N–H and O–H groups in total. The number of carbonyl (C=O) groups excluding carboxylic acids is 1. The number of imidazole rings is 1. The lowest BCUT2D eigenvalue weighted by atomic mass is 10.1. The molecule has 1 saturated carbocycles. The average molecular weight is 312 g/mol. The molecule has 0 radical (unpaired) electrons. The van der Waals surface area contributed by atoms with Gasteiger partial charge in [-0.2, -0.15) is 0 Å². The van der Waals surface area contributed by atoms with Crippen molar-refractivity contribution in [1.29, 1.82) is 0 Å². The van der Waals surface area contributed by atoms with Crippen LogP contribution in [0, 0.1) is 5.92 Å². The number of hydrogen-bond acceptors (Lipinski definition) is 3. The maximum Gasteiger partial charge on any atom is 0.224 e. The largest absolute Gasteiger partial charge is 0.326 e. The summed E-state index contributed by atoms with van der Waals surface area (Å²) in [6, 6.07) is 6.86. The number of aromatic nitrogens is 2. The molecule has 1 aliphatic heterocycles. The number of benzene rings is 1. The van der Waals surface area contributed by atoms with E-state index in [4.69, 9.17) is 4.98 Å². The number of nitrogens with zero attached hydrogens (tertiary/aromatic N) is 3. The van der Waals surface area contributed by atoms with Gasteiger partial charge < -0.3 is 9.88 Å². The summed E-state index contributed by atoms with van der Waals surface area (Å²) in [6.07, 6.45) is 3.23. The van der Waals surface area contributed by atoms with Gasteiger partial charge in [0.2, 0.25) is 5.91 Å². The van der Waals surface area contributed by atoms with Crippen molar-refractivity contribution in [2.24, 2.45) is 5.92 Å². The van der Waals surface area contributed by atoms with E-state index in [2.05, 4.69) is 34.7 Å². The van der Waals surface area contributed by atoms with E-state index in [9.17, 15) is 4.79 Å². The van der Waals surface area contributed by atoms with Crippen LogP contribution in [0.4, 0.5) is 5.69 Å². The van der Waals surface area contributed by atoms with Crippen molar-refractivity contribution in [3.8, 4) is 0 Å². The summed E-state index contributed by atoms with van der Waals surface area (Å²) >= 11 is 0. The molecule has 122 valence electrons. The molecule has 1 aromatic carbocycles. The number of carbonyl (C=O) groups is 1. The van der Waals surface area contributed by atoms with Gasteiger partial charge in [0.15, 0.2) is 0 Å². The second kappa shape index (κ2) is 5.64. The quantitative estimate of drug-likeness (QED) is 0.944. The lowest BCUT2D eigenvalue weighted by molar-refractivity contribution is -0.116. The Bertz CT molecular complexity index is 745. The molecule has 1 aliphatic carbocycles. The molecule has 1 fully saturated rings. The zero-order valence-corrected chi connectivity index (χ0v) is 13.9. The molecule has 0 saturated heterocycles. The van der Waals surface area contributed by atoms with Crippen LogP contribution in [0.3, 0.4) is 0 Å². The molecular formula is C18H24N4O. The molecule has 0 bridgehead atoms. The number of nitrogens with one attached hydrogen (secondary N) is 1. The maximum atomic E-state index is 11.9. The first kappa shape index (κ1) is 14.7. The standard InChI is InChI=1S/C18H24N4O/c1-12(2)9-18(23)19-13-3-6-16-15(10-13)20-17-11-21(14-4-5-14)7-8-22(16)17/h3,6,10,12,14H,4-5,7-9,11H2,1-2H3,(H,19,23). The summed E-state index contributed by atoms with van der Waals surface area (Å²) in [5.41, 5.74) is 3.01. The molecule has 23 heavy (non-hydrogen) atoms. The third-order valence-corrected chi connectivity index (χ3v) is 4.72. The Labute approximate surface area is 136 Å². The van der Waals surface area contributed by atoms with Crippen LogP contribution in [-0.4, -0.2) is 32.9 Å². The summed E-state index contributed by atoms with van der Waals surface area (Å²) in [4.78, 5) is 19.3. The molecule has 2 heterocycles.